The molecule has 0 saturated carbocycles. The molecule has 1 aliphatic carbocycles. The van der Waals surface area contributed by atoms with Crippen LogP contribution in [-0.4, -0.2) is 11.5 Å². The van der Waals surface area contributed by atoms with Gasteiger partial charge in [0.15, 0.2) is 5.78 Å². The summed E-state index contributed by atoms with van der Waals surface area (Å²) in [5.41, 5.74) is 5.79. The van der Waals surface area contributed by atoms with E-state index in [1.165, 1.54) is 0 Å². The van der Waals surface area contributed by atoms with Crippen molar-refractivity contribution in [2.45, 2.75) is 32.1 Å². The van der Waals surface area contributed by atoms with Gasteiger partial charge in [0.05, 0.1) is 12.0 Å². The molecule has 26 heavy (non-hydrogen) atoms. The summed E-state index contributed by atoms with van der Waals surface area (Å²) < 4.78 is 0. The lowest BCUT2D eigenvalue weighted by molar-refractivity contribution is -0.116. The summed E-state index contributed by atoms with van der Waals surface area (Å²) in [5, 5.41) is 9.74. The van der Waals surface area contributed by atoms with E-state index < -0.39 is 0 Å². The number of aliphatic imine (C=N–C) groups is 1. The Bertz CT molecular complexity index is 946. The molecule has 0 fully saturated rings. The smallest absolute Gasteiger partial charge is 0.161 e. The van der Waals surface area contributed by atoms with Gasteiger partial charge >= 0.3 is 0 Å². The van der Waals surface area contributed by atoms with E-state index in [1.54, 1.807) is 0 Å². The largest absolute Gasteiger partial charge is 0.294 e. The monoisotopic (exact) mass is 340 g/mol. The molecule has 2 aliphatic rings. The molecule has 128 valence electrons. The maximum Gasteiger partial charge on any atom is 0.161 e. The van der Waals surface area contributed by atoms with Crippen molar-refractivity contribution in [1.82, 2.24) is 0 Å². The van der Waals surface area contributed by atoms with Gasteiger partial charge in [-0.25, -0.2) is 0 Å². The van der Waals surface area contributed by atoms with Crippen LogP contribution in [0.25, 0.3) is 11.1 Å². The van der Waals surface area contributed by atoms with E-state index in [0.29, 0.717) is 6.42 Å². The summed E-state index contributed by atoms with van der Waals surface area (Å²) >= 11 is 0. The van der Waals surface area contributed by atoms with Gasteiger partial charge in [-0.1, -0.05) is 54.6 Å². The van der Waals surface area contributed by atoms with E-state index in [0.717, 1.165) is 46.5 Å². The third-order valence-corrected chi connectivity index (χ3v) is 5.35. The lowest BCUT2D eigenvalue weighted by Crippen LogP contribution is -2.30. The summed E-state index contributed by atoms with van der Waals surface area (Å²) in [6, 6.07) is 20.9. The molecule has 0 N–H and O–H groups in total. The molecule has 2 aromatic carbocycles. The van der Waals surface area contributed by atoms with Crippen LogP contribution in [0.1, 0.15) is 37.7 Å². The first-order valence-electron chi connectivity index (χ1n) is 9.05. The van der Waals surface area contributed by atoms with E-state index in [2.05, 4.69) is 47.5 Å². The highest BCUT2D eigenvalue weighted by atomic mass is 16.1. The average molecular weight is 340 g/mol. The van der Waals surface area contributed by atoms with Crippen LogP contribution in [0.3, 0.4) is 0 Å². The molecule has 0 radical (unpaired) electrons. The van der Waals surface area contributed by atoms with E-state index >= 15 is 0 Å². The molecule has 1 aliphatic heterocycles. The van der Waals surface area contributed by atoms with E-state index in [9.17, 15) is 10.1 Å². The molecule has 2 aromatic rings. The highest BCUT2D eigenvalue weighted by Crippen LogP contribution is 2.43. The van der Waals surface area contributed by atoms with Crippen molar-refractivity contribution in [2.75, 3.05) is 0 Å². The SMILES string of the molecule is CC1=NC2=C(C(=O)CCC2)C(c2ccc(-c3ccccc3)cc2)C1C#N. The number of hydrogen-bond acceptors (Lipinski definition) is 3. The second-order valence-corrected chi connectivity index (χ2v) is 6.96. The topological polar surface area (TPSA) is 53.2 Å². The molecule has 0 spiro atoms. The van der Waals surface area contributed by atoms with Gasteiger partial charge in [-0.3, -0.25) is 9.79 Å². The first kappa shape index (κ1) is 16.5. The number of carbonyl (C=O) groups is 1. The van der Waals surface area contributed by atoms with Crippen molar-refractivity contribution < 1.29 is 4.79 Å². The van der Waals surface area contributed by atoms with E-state index in [-0.39, 0.29) is 17.6 Å². The third kappa shape index (κ3) is 2.78. The number of rotatable bonds is 2. The molecule has 2 atom stereocenters. The standard InChI is InChI=1S/C23H20N2O/c1-15-19(14-24)22(23-20(25-15)8-5-9-21(23)26)18-12-10-17(11-13-18)16-6-3-2-4-7-16/h2-4,6-7,10-13,19,22H,5,8-9H2,1H3. The molecular formula is C23H20N2O. The Morgan fingerprint density at radius 1 is 1.00 bits per heavy atom. The lowest BCUT2D eigenvalue weighted by Gasteiger charge is -2.32. The van der Waals surface area contributed by atoms with Crippen molar-refractivity contribution in [1.29, 1.82) is 5.26 Å². The van der Waals surface area contributed by atoms with Crippen LogP contribution < -0.4 is 0 Å². The molecule has 0 amide bonds. The van der Waals surface area contributed by atoms with Crippen molar-refractivity contribution in [3.05, 3.63) is 71.4 Å². The molecule has 0 aromatic heterocycles. The Morgan fingerprint density at radius 2 is 1.69 bits per heavy atom. The molecule has 0 bridgehead atoms. The van der Waals surface area contributed by atoms with Gasteiger partial charge in [0.25, 0.3) is 0 Å². The maximum atomic E-state index is 12.6. The zero-order valence-corrected chi connectivity index (χ0v) is 14.8. The first-order chi connectivity index (χ1) is 12.7. The van der Waals surface area contributed by atoms with Crippen LogP contribution >= 0.6 is 0 Å². The minimum absolute atomic E-state index is 0.153. The van der Waals surface area contributed by atoms with Crippen molar-refractivity contribution in [2.24, 2.45) is 10.9 Å². The summed E-state index contributed by atoms with van der Waals surface area (Å²) in [4.78, 5) is 17.2. The number of carbonyl (C=O) groups excluding carboxylic acids is 1. The van der Waals surface area contributed by atoms with Gasteiger partial charge in [-0.05, 0) is 36.5 Å². The van der Waals surface area contributed by atoms with Crippen LogP contribution in [0.4, 0.5) is 0 Å². The highest BCUT2D eigenvalue weighted by molar-refractivity contribution is 6.03. The number of allylic oxidation sites excluding steroid dienone is 2. The summed E-state index contributed by atoms with van der Waals surface area (Å²) in [6.07, 6.45) is 2.24. The second-order valence-electron chi connectivity index (χ2n) is 6.96. The Hall–Kier alpha value is -2.99. The Labute approximate surface area is 153 Å². The number of hydrogen-bond donors (Lipinski definition) is 0. The van der Waals surface area contributed by atoms with Gasteiger partial charge in [0, 0.05) is 29.3 Å². The van der Waals surface area contributed by atoms with Gasteiger partial charge in [0.2, 0.25) is 0 Å². The third-order valence-electron chi connectivity index (χ3n) is 5.35. The van der Waals surface area contributed by atoms with E-state index in [1.807, 2.05) is 25.1 Å². The Kier molecular flexibility index (Phi) is 4.26. The fourth-order valence-corrected chi connectivity index (χ4v) is 4.05. The summed E-state index contributed by atoms with van der Waals surface area (Å²) in [6.45, 7) is 1.90. The van der Waals surface area contributed by atoms with Gasteiger partial charge in [-0.2, -0.15) is 5.26 Å². The van der Waals surface area contributed by atoms with Crippen LogP contribution in [0.2, 0.25) is 0 Å². The normalized spacial score (nSPS) is 22.5. The molecule has 1 heterocycles. The zero-order chi connectivity index (χ0) is 18.1. The zero-order valence-electron chi connectivity index (χ0n) is 14.8. The molecule has 2 unspecified atom stereocenters. The van der Waals surface area contributed by atoms with Gasteiger partial charge in [-0.15, -0.1) is 0 Å². The molecule has 3 heteroatoms. The first-order valence-corrected chi connectivity index (χ1v) is 9.05. The quantitative estimate of drug-likeness (QED) is 0.767. The molecule has 3 nitrogen and oxygen atoms in total. The molecule has 0 saturated heterocycles. The highest BCUT2D eigenvalue weighted by Gasteiger charge is 2.38. The van der Waals surface area contributed by atoms with Gasteiger partial charge in [0.1, 0.15) is 0 Å². The van der Waals surface area contributed by atoms with Crippen LogP contribution in [-0.2, 0) is 4.79 Å². The predicted molar refractivity (Wildman–Crippen MR) is 103 cm³/mol. The van der Waals surface area contributed by atoms with E-state index in [4.69, 9.17) is 0 Å². The fourth-order valence-electron chi connectivity index (χ4n) is 4.05. The average Bonchev–Trinajstić information content (AvgIpc) is 2.68. The van der Waals surface area contributed by atoms with Crippen molar-refractivity contribution in [3.63, 3.8) is 0 Å². The fraction of sp³-hybridized carbons (Fsp3) is 0.261. The van der Waals surface area contributed by atoms with Crippen LogP contribution in [0, 0.1) is 17.2 Å². The van der Waals surface area contributed by atoms with Gasteiger partial charge < -0.3 is 0 Å². The summed E-state index contributed by atoms with van der Waals surface area (Å²) in [7, 11) is 0. The number of ketones is 1. The minimum Gasteiger partial charge on any atom is -0.294 e. The molecular weight excluding hydrogens is 320 g/mol. The number of nitrogens with zero attached hydrogens (tertiary/aromatic N) is 2. The Balaban J connectivity index is 1.77. The lowest BCUT2D eigenvalue weighted by atomic mass is 9.72. The number of Topliss-reactive ketones (excluding diaryl/α,β-unsaturated/α-hetero) is 1. The number of nitriles is 1. The van der Waals surface area contributed by atoms with Crippen LogP contribution in [0.15, 0.2) is 70.9 Å². The molecule has 4 rings (SSSR count). The summed E-state index contributed by atoms with van der Waals surface area (Å²) in [5.74, 6) is -0.427. The number of benzene rings is 2. The predicted octanol–water partition coefficient (Wildman–Crippen LogP) is 5.06. The minimum atomic E-state index is -0.377. The maximum absolute atomic E-state index is 12.6. The second kappa shape index (κ2) is 6.72. The van der Waals surface area contributed by atoms with Crippen LogP contribution in [0.5, 0.6) is 0 Å². The Morgan fingerprint density at radius 3 is 2.38 bits per heavy atom. The van der Waals surface area contributed by atoms with Crippen molar-refractivity contribution in [3.8, 4) is 17.2 Å². The van der Waals surface area contributed by atoms with Crippen molar-refractivity contribution >= 4 is 11.5 Å².